The maximum Gasteiger partial charge on any atom is 0.303 e. The minimum absolute atomic E-state index is 0.242. The zero-order valence-corrected chi connectivity index (χ0v) is 10.2. The van der Waals surface area contributed by atoms with E-state index < -0.39 is 5.97 Å². The Balaban J connectivity index is 2.19. The van der Waals surface area contributed by atoms with Crippen molar-refractivity contribution in [1.29, 1.82) is 0 Å². The molecule has 1 N–H and O–H groups in total. The van der Waals surface area contributed by atoms with E-state index in [4.69, 9.17) is 5.11 Å². The van der Waals surface area contributed by atoms with Crippen LogP contribution in [0, 0.1) is 6.92 Å². The molecular formula is C14H17NO2. The predicted molar refractivity (Wildman–Crippen MR) is 68.2 cm³/mol. The molecule has 0 saturated heterocycles. The summed E-state index contributed by atoms with van der Waals surface area (Å²) < 4.78 is 2.12. The van der Waals surface area contributed by atoms with Gasteiger partial charge in [-0.3, -0.25) is 4.79 Å². The maximum atomic E-state index is 10.5. The molecular weight excluding hydrogens is 214 g/mol. The molecule has 1 heterocycles. The number of hydrogen-bond donors (Lipinski definition) is 1. The SMILES string of the molecule is Cc1cn(C)c2ccc(CCCC(=O)O)cc12. The van der Waals surface area contributed by atoms with Crippen molar-refractivity contribution in [2.75, 3.05) is 0 Å². The van der Waals surface area contributed by atoms with E-state index in [-0.39, 0.29) is 6.42 Å². The van der Waals surface area contributed by atoms with Crippen LogP contribution in [-0.4, -0.2) is 15.6 Å². The summed E-state index contributed by atoms with van der Waals surface area (Å²) in [6.07, 6.45) is 3.89. The van der Waals surface area contributed by atoms with E-state index >= 15 is 0 Å². The first-order chi connectivity index (χ1) is 8.08. The van der Waals surface area contributed by atoms with E-state index in [0.717, 1.165) is 6.42 Å². The minimum Gasteiger partial charge on any atom is -0.481 e. The Bertz CT molecular complexity index is 555. The Morgan fingerprint density at radius 2 is 2.18 bits per heavy atom. The van der Waals surface area contributed by atoms with Gasteiger partial charge in [0.2, 0.25) is 0 Å². The standard InChI is InChI=1S/C14H17NO2/c1-10-9-15(2)13-7-6-11(8-12(10)13)4-3-5-14(16)17/h6-9H,3-5H2,1-2H3,(H,16,17). The first-order valence-electron chi connectivity index (χ1n) is 5.84. The van der Waals surface area contributed by atoms with Crippen molar-refractivity contribution in [2.45, 2.75) is 26.2 Å². The molecule has 3 nitrogen and oxygen atoms in total. The van der Waals surface area contributed by atoms with Gasteiger partial charge in [-0.05, 0) is 43.0 Å². The van der Waals surface area contributed by atoms with Gasteiger partial charge < -0.3 is 9.67 Å². The van der Waals surface area contributed by atoms with E-state index in [1.54, 1.807) is 0 Å². The Morgan fingerprint density at radius 1 is 1.41 bits per heavy atom. The monoisotopic (exact) mass is 231 g/mol. The van der Waals surface area contributed by atoms with Gasteiger partial charge in [-0.2, -0.15) is 0 Å². The van der Waals surface area contributed by atoms with Crippen molar-refractivity contribution in [2.24, 2.45) is 7.05 Å². The van der Waals surface area contributed by atoms with Crippen molar-refractivity contribution in [3.05, 3.63) is 35.5 Å². The number of aliphatic carboxylic acids is 1. The molecule has 2 aromatic rings. The van der Waals surface area contributed by atoms with Crippen LogP contribution in [0.1, 0.15) is 24.0 Å². The van der Waals surface area contributed by atoms with Crippen molar-refractivity contribution >= 4 is 16.9 Å². The molecule has 0 atom stereocenters. The molecule has 0 spiro atoms. The summed E-state index contributed by atoms with van der Waals surface area (Å²) in [7, 11) is 2.04. The number of hydrogen-bond acceptors (Lipinski definition) is 1. The molecule has 2 rings (SSSR count). The van der Waals surface area contributed by atoms with Crippen LogP contribution in [0.5, 0.6) is 0 Å². The molecule has 1 aromatic heterocycles. The topological polar surface area (TPSA) is 42.2 Å². The van der Waals surface area contributed by atoms with Gasteiger partial charge in [0.15, 0.2) is 0 Å². The highest BCUT2D eigenvalue weighted by atomic mass is 16.4. The van der Waals surface area contributed by atoms with Gasteiger partial charge >= 0.3 is 5.97 Å². The van der Waals surface area contributed by atoms with Crippen LogP contribution in [0.3, 0.4) is 0 Å². The number of carboxylic acid groups (broad SMARTS) is 1. The van der Waals surface area contributed by atoms with Gasteiger partial charge in [-0.25, -0.2) is 0 Å². The molecule has 0 fully saturated rings. The summed E-state index contributed by atoms with van der Waals surface area (Å²) in [5, 5.41) is 9.87. The van der Waals surface area contributed by atoms with Crippen LogP contribution >= 0.6 is 0 Å². The number of aromatic nitrogens is 1. The highest BCUT2D eigenvalue weighted by Gasteiger charge is 2.04. The summed E-state index contributed by atoms with van der Waals surface area (Å²) in [5.74, 6) is -0.720. The third-order valence-electron chi connectivity index (χ3n) is 3.11. The quantitative estimate of drug-likeness (QED) is 0.879. The maximum absolute atomic E-state index is 10.5. The Kier molecular flexibility index (Phi) is 3.18. The Hall–Kier alpha value is -1.77. The highest BCUT2D eigenvalue weighted by molar-refractivity contribution is 5.84. The molecule has 0 amide bonds. The molecule has 0 aliphatic heterocycles. The summed E-state index contributed by atoms with van der Waals surface area (Å²) in [4.78, 5) is 10.5. The molecule has 0 aliphatic rings. The first kappa shape index (κ1) is 11.7. The van der Waals surface area contributed by atoms with Crippen molar-refractivity contribution in [1.82, 2.24) is 4.57 Å². The van der Waals surface area contributed by atoms with Gasteiger partial charge in [-0.1, -0.05) is 6.07 Å². The fourth-order valence-electron chi connectivity index (χ4n) is 2.24. The van der Waals surface area contributed by atoms with E-state index in [9.17, 15) is 4.79 Å². The van der Waals surface area contributed by atoms with Crippen molar-refractivity contribution in [3.8, 4) is 0 Å². The number of rotatable bonds is 4. The predicted octanol–water partition coefficient (Wildman–Crippen LogP) is 2.89. The second-order valence-corrected chi connectivity index (χ2v) is 4.52. The molecule has 0 radical (unpaired) electrons. The zero-order valence-electron chi connectivity index (χ0n) is 10.2. The summed E-state index contributed by atoms with van der Waals surface area (Å²) in [6.45, 7) is 2.10. The zero-order chi connectivity index (χ0) is 12.4. The van der Waals surface area contributed by atoms with Crippen molar-refractivity contribution in [3.63, 3.8) is 0 Å². The van der Waals surface area contributed by atoms with Crippen LogP contribution in [0.2, 0.25) is 0 Å². The van der Waals surface area contributed by atoms with Crippen LogP contribution in [0.4, 0.5) is 0 Å². The van der Waals surface area contributed by atoms with Crippen LogP contribution in [0.15, 0.2) is 24.4 Å². The number of benzene rings is 1. The lowest BCUT2D eigenvalue weighted by Gasteiger charge is -2.02. The lowest BCUT2D eigenvalue weighted by atomic mass is 10.0. The lowest BCUT2D eigenvalue weighted by Crippen LogP contribution is -1.95. The van der Waals surface area contributed by atoms with E-state index in [1.165, 1.54) is 22.0 Å². The summed E-state index contributed by atoms with van der Waals surface area (Å²) >= 11 is 0. The molecule has 3 heteroatoms. The number of aryl methyl sites for hydroxylation is 3. The van der Waals surface area contributed by atoms with E-state index in [0.29, 0.717) is 6.42 Å². The van der Waals surface area contributed by atoms with E-state index in [2.05, 4.69) is 35.9 Å². The number of fused-ring (bicyclic) bond motifs is 1. The molecule has 0 bridgehead atoms. The molecule has 0 aliphatic carbocycles. The van der Waals surface area contributed by atoms with Gasteiger partial charge in [0.05, 0.1) is 0 Å². The molecule has 90 valence electrons. The fourth-order valence-corrected chi connectivity index (χ4v) is 2.24. The van der Waals surface area contributed by atoms with Crippen LogP contribution in [0.25, 0.3) is 10.9 Å². The second-order valence-electron chi connectivity index (χ2n) is 4.52. The minimum atomic E-state index is -0.720. The largest absolute Gasteiger partial charge is 0.481 e. The average molecular weight is 231 g/mol. The van der Waals surface area contributed by atoms with Gasteiger partial charge in [0.25, 0.3) is 0 Å². The average Bonchev–Trinajstić information content (AvgIpc) is 2.54. The Labute approximate surface area is 101 Å². The van der Waals surface area contributed by atoms with Gasteiger partial charge in [0.1, 0.15) is 0 Å². The number of carboxylic acids is 1. The molecule has 0 saturated carbocycles. The summed E-state index contributed by atoms with van der Waals surface area (Å²) in [5.41, 5.74) is 3.71. The first-order valence-corrected chi connectivity index (χ1v) is 5.84. The summed E-state index contributed by atoms with van der Waals surface area (Å²) in [6, 6.07) is 6.37. The highest BCUT2D eigenvalue weighted by Crippen LogP contribution is 2.22. The van der Waals surface area contributed by atoms with Gasteiger partial charge in [0, 0.05) is 30.6 Å². The smallest absolute Gasteiger partial charge is 0.303 e. The van der Waals surface area contributed by atoms with Gasteiger partial charge in [-0.15, -0.1) is 0 Å². The van der Waals surface area contributed by atoms with Crippen LogP contribution in [-0.2, 0) is 18.3 Å². The molecule has 17 heavy (non-hydrogen) atoms. The third-order valence-corrected chi connectivity index (χ3v) is 3.11. The fraction of sp³-hybridized carbons (Fsp3) is 0.357. The molecule has 0 unspecified atom stereocenters. The normalized spacial score (nSPS) is 10.9. The lowest BCUT2D eigenvalue weighted by molar-refractivity contribution is -0.137. The Morgan fingerprint density at radius 3 is 2.88 bits per heavy atom. The van der Waals surface area contributed by atoms with Crippen molar-refractivity contribution < 1.29 is 9.90 Å². The third kappa shape index (κ3) is 2.49. The number of carbonyl (C=O) groups is 1. The second kappa shape index (κ2) is 4.62. The van der Waals surface area contributed by atoms with Crippen LogP contribution < -0.4 is 0 Å². The number of nitrogens with zero attached hydrogens (tertiary/aromatic N) is 1. The van der Waals surface area contributed by atoms with E-state index in [1.807, 2.05) is 7.05 Å². The molecule has 1 aromatic carbocycles.